The third-order valence-corrected chi connectivity index (χ3v) is 5.54. The van der Waals surface area contributed by atoms with Crippen LogP contribution < -0.4 is 0 Å². The van der Waals surface area contributed by atoms with Crippen LogP contribution in [0.2, 0.25) is 0 Å². The predicted molar refractivity (Wildman–Crippen MR) is 107 cm³/mol. The van der Waals surface area contributed by atoms with Gasteiger partial charge in [0.05, 0.1) is 5.69 Å². The van der Waals surface area contributed by atoms with E-state index in [4.69, 9.17) is 0 Å². The summed E-state index contributed by atoms with van der Waals surface area (Å²) >= 11 is 0. The molecule has 1 atom stereocenters. The van der Waals surface area contributed by atoms with Gasteiger partial charge in [-0.15, -0.1) is 0 Å². The normalized spacial score (nSPS) is 17.2. The average molecular weight is 395 g/mol. The zero-order chi connectivity index (χ0) is 20.4. The van der Waals surface area contributed by atoms with E-state index in [0.29, 0.717) is 24.5 Å². The summed E-state index contributed by atoms with van der Waals surface area (Å²) in [5.74, 6) is -0.440. The van der Waals surface area contributed by atoms with Gasteiger partial charge in [-0.1, -0.05) is 18.6 Å². The van der Waals surface area contributed by atoms with Crippen LogP contribution >= 0.6 is 0 Å². The molecule has 1 amide bonds. The van der Waals surface area contributed by atoms with Crippen LogP contribution in [0.5, 0.6) is 0 Å². The van der Waals surface area contributed by atoms with Crippen LogP contribution in [0, 0.1) is 11.6 Å². The Labute approximate surface area is 168 Å². The van der Waals surface area contributed by atoms with Gasteiger partial charge in [0.15, 0.2) is 0 Å². The van der Waals surface area contributed by atoms with Crippen molar-refractivity contribution in [2.24, 2.45) is 7.05 Å². The topological polar surface area (TPSA) is 38.1 Å². The standard InChI is InChI=1S/C23H23F2N3O/c1-27-22(14-21(26-27)17-7-11-20(25)12-8-17)23(29)28-13-3-2-4-18(15-28)16-5-9-19(24)10-6-16/h5-12,14,18H,2-4,13,15H2,1H3/t18-/m1/s1. The summed E-state index contributed by atoms with van der Waals surface area (Å²) in [4.78, 5) is 15.1. The minimum Gasteiger partial charge on any atom is -0.337 e. The van der Waals surface area contributed by atoms with Gasteiger partial charge in [-0.2, -0.15) is 5.10 Å². The second-order valence-electron chi connectivity index (χ2n) is 7.54. The average Bonchev–Trinajstić information content (AvgIpc) is 2.95. The lowest BCUT2D eigenvalue weighted by Crippen LogP contribution is -2.35. The van der Waals surface area contributed by atoms with Crippen molar-refractivity contribution >= 4 is 5.91 Å². The molecule has 6 heteroatoms. The van der Waals surface area contributed by atoms with Gasteiger partial charge in [-0.25, -0.2) is 8.78 Å². The molecule has 29 heavy (non-hydrogen) atoms. The Morgan fingerprint density at radius 2 is 1.66 bits per heavy atom. The van der Waals surface area contributed by atoms with Gasteiger partial charge in [0.1, 0.15) is 17.3 Å². The highest BCUT2D eigenvalue weighted by Crippen LogP contribution is 2.28. The van der Waals surface area contributed by atoms with Crippen molar-refractivity contribution in [2.45, 2.75) is 25.2 Å². The van der Waals surface area contributed by atoms with Gasteiger partial charge in [-0.3, -0.25) is 9.48 Å². The number of carbonyl (C=O) groups excluding carboxylic acids is 1. The Morgan fingerprint density at radius 1 is 1.00 bits per heavy atom. The Bertz CT molecular complexity index is 996. The predicted octanol–water partition coefficient (Wildman–Crippen LogP) is 4.78. The first kappa shape index (κ1) is 19.3. The van der Waals surface area contributed by atoms with E-state index in [2.05, 4.69) is 5.10 Å². The van der Waals surface area contributed by atoms with Crippen LogP contribution in [0.4, 0.5) is 8.78 Å². The zero-order valence-corrected chi connectivity index (χ0v) is 16.3. The van der Waals surface area contributed by atoms with Crippen molar-refractivity contribution in [3.8, 4) is 11.3 Å². The van der Waals surface area contributed by atoms with Gasteiger partial charge >= 0.3 is 0 Å². The molecule has 0 spiro atoms. The van der Waals surface area contributed by atoms with Crippen LogP contribution in [0.25, 0.3) is 11.3 Å². The van der Waals surface area contributed by atoms with E-state index < -0.39 is 0 Å². The molecular formula is C23H23F2N3O. The number of halogens is 2. The molecule has 0 saturated carbocycles. The summed E-state index contributed by atoms with van der Waals surface area (Å²) in [6, 6.07) is 14.4. The molecule has 0 bridgehead atoms. The highest BCUT2D eigenvalue weighted by atomic mass is 19.1. The van der Waals surface area contributed by atoms with Gasteiger partial charge in [-0.05, 0) is 60.9 Å². The maximum absolute atomic E-state index is 13.3. The fraction of sp³-hybridized carbons (Fsp3) is 0.304. The van der Waals surface area contributed by atoms with E-state index in [-0.39, 0.29) is 23.5 Å². The van der Waals surface area contributed by atoms with Gasteiger partial charge in [0, 0.05) is 31.6 Å². The van der Waals surface area contributed by atoms with Crippen molar-refractivity contribution in [1.82, 2.24) is 14.7 Å². The first-order valence-electron chi connectivity index (χ1n) is 9.86. The number of hydrogen-bond donors (Lipinski definition) is 0. The smallest absolute Gasteiger partial charge is 0.272 e. The SMILES string of the molecule is Cn1nc(-c2ccc(F)cc2)cc1C(=O)N1CCCC[C@@H](c2ccc(F)cc2)C1. The molecule has 3 aromatic rings. The molecule has 2 heterocycles. The number of aromatic nitrogens is 2. The van der Waals surface area contributed by atoms with E-state index in [9.17, 15) is 13.6 Å². The van der Waals surface area contributed by atoms with Crippen LogP contribution in [-0.2, 0) is 7.05 Å². The molecule has 1 fully saturated rings. The van der Waals surface area contributed by atoms with Crippen LogP contribution in [0.1, 0.15) is 41.2 Å². The monoisotopic (exact) mass is 395 g/mol. The lowest BCUT2D eigenvalue weighted by Gasteiger charge is -2.24. The number of aryl methyl sites for hydroxylation is 1. The molecule has 2 aromatic carbocycles. The highest BCUT2D eigenvalue weighted by molar-refractivity contribution is 5.93. The Kier molecular flexibility index (Phi) is 5.43. The molecule has 1 aliphatic rings. The summed E-state index contributed by atoms with van der Waals surface area (Å²) in [5, 5.41) is 4.44. The summed E-state index contributed by atoms with van der Waals surface area (Å²) in [7, 11) is 1.75. The minimum absolute atomic E-state index is 0.0672. The molecular weight excluding hydrogens is 372 g/mol. The van der Waals surface area contributed by atoms with E-state index in [1.807, 2.05) is 17.0 Å². The van der Waals surface area contributed by atoms with Gasteiger partial charge < -0.3 is 4.90 Å². The summed E-state index contributed by atoms with van der Waals surface area (Å²) in [6.45, 7) is 1.29. The lowest BCUT2D eigenvalue weighted by atomic mass is 9.94. The van der Waals surface area contributed by atoms with E-state index in [1.165, 1.54) is 24.3 Å². The maximum atomic E-state index is 13.3. The van der Waals surface area contributed by atoms with E-state index in [0.717, 1.165) is 30.4 Å². The number of hydrogen-bond acceptors (Lipinski definition) is 2. The van der Waals surface area contributed by atoms with Crippen LogP contribution in [0.3, 0.4) is 0 Å². The Hall–Kier alpha value is -3.02. The van der Waals surface area contributed by atoms with Gasteiger partial charge in [0.25, 0.3) is 5.91 Å². The Morgan fingerprint density at radius 3 is 2.34 bits per heavy atom. The third-order valence-electron chi connectivity index (χ3n) is 5.54. The number of carbonyl (C=O) groups is 1. The molecule has 4 nitrogen and oxygen atoms in total. The summed E-state index contributed by atoms with van der Waals surface area (Å²) in [6.07, 6.45) is 2.94. The second-order valence-corrected chi connectivity index (χ2v) is 7.54. The lowest BCUT2D eigenvalue weighted by molar-refractivity contribution is 0.0743. The molecule has 0 aliphatic carbocycles. The van der Waals surface area contributed by atoms with Crippen molar-refractivity contribution in [3.05, 3.63) is 77.5 Å². The van der Waals surface area contributed by atoms with E-state index >= 15 is 0 Å². The van der Waals surface area contributed by atoms with Crippen LogP contribution in [0.15, 0.2) is 54.6 Å². The fourth-order valence-corrected chi connectivity index (χ4v) is 3.92. The quantitative estimate of drug-likeness (QED) is 0.640. The molecule has 1 aromatic heterocycles. The van der Waals surface area contributed by atoms with Crippen molar-refractivity contribution < 1.29 is 13.6 Å². The maximum Gasteiger partial charge on any atom is 0.272 e. The molecule has 1 saturated heterocycles. The van der Waals surface area contributed by atoms with Crippen LogP contribution in [-0.4, -0.2) is 33.7 Å². The molecule has 0 radical (unpaired) electrons. The fourth-order valence-electron chi connectivity index (χ4n) is 3.92. The number of likely N-dealkylation sites (tertiary alicyclic amines) is 1. The van der Waals surface area contributed by atoms with E-state index in [1.54, 1.807) is 29.9 Å². The minimum atomic E-state index is -0.308. The molecule has 1 aliphatic heterocycles. The number of rotatable bonds is 3. The Balaban J connectivity index is 1.56. The summed E-state index contributed by atoms with van der Waals surface area (Å²) < 4.78 is 28.0. The molecule has 150 valence electrons. The number of nitrogens with zero attached hydrogens (tertiary/aromatic N) is 3. The van der Waals surface area contributed by atoms with Crippen molar-refractivity contribution in [2.75, 3.05) is 13.1 Å². The molecule has 4 rings (SSSR count). The number of benzene rings is 2. The summed E-state index contributed by atoms with van der Waals surface area (Å²) in [5.41, 5.74) is 2.97. The highest BCUT2D eigenvalue weighted by Gasteiger charge is 2.26. The number of amides is 1. The second kappa shape index (κ2) is 8.15. The van der Waals surface area contributed by atoms with Crippen molar-refractivity contribution in [1.29, 1.82) is 0 Å². The van der Waals surface area contributed by atoms with Crippen molar-refractivity contribution in [3.63, 3.8) is 0 Å². The third kappa shape index (κ3) is 4.21. The molecule has 0 unspecified atom stereocenters. The first-order valence-corrected chi connectivity index (χ1v) is 9.86. The largest absolute Gasteiger partial charge is 0.337 e. The zero-order valence-electron chi connectivity index (χ0n) is 16.3. The molecule has 0 N–H and O–H groups in total. The first-order chi connectivity index (χ1) is 14.0. The van der Waals surface area contributed by atoms with Gasteiger partial charge in [0.2, 0.25) is 0 Å².